The first kappa shape index (κ1) is 22.2. The van der Waals surface area contributed by atoms with E-state index in [1.807, 2.05) is 13.8 Å². The summed E-state index contributed by atoms with van der Waals surface area (Å²) in [6, 6.07) is 1.07. The van der Waals surface area contributed by atoms with Crippen LogP contribution in [0.3, 0.4) is 0 Å². The summed E-state index contributed by atoms with van der Waals surface area (Å²) in [5, 5.41) is 6.55. The van der Waals surface area contributed by atoms with E-state index in [1.54, 1.807) is 7.05 Å². The molecule has 0 aliphatic rings. The first-order valence-corrected chi connectivity index (χ1v) is 7.98. The van der Waals surface area contributed by atoms with E-state index in [1.165, 1.54) is 0 Å². The quantitative estimate of drug-likeness (QED) is 0.390. The van der Waals surface area contributed by atoms with E-state index in [-0.39, 0.29) is 24.0 Å². The van der Waals surface area contributed by atoms with Crippen molar-refractivity contribution in [2.24, 2.45) is 4.99 Å². The standard InChI is InChI=1S/C16H31N5O.HI/c1-11(2)21(12(3)4)9-8-18-16(17-7)19-10-15-20-13(5)14(6)22-15;/h11-12H,8-10H2,1-7H3,(H2,17,18,19);1H. The Kier molecular flexibility index (Phi) is 10.5. The van der Waals surface area contributed by atoms with E-state index in [2.05, 4.69) is 53.2 Å². The lowest BCUT2D eigenvalue weighted by molar-refractivity contribution is 0.178. The van der Waals surface area contributed by atoms with Gasteiger partial charge in [-0.05, 0) is 41.5 Å². The van der Waals surface area contributed by atoms with Gasteiger partial charge in [0.15, 0.2) is 5.96 Å². The van der Waals surface area contributed by atoms with Gasteiger partial charge in [0.25, 0.3) is 0 Å². The van der Waals surface area contributed by atoms with Crippen LogP contribution in [0.5, 0.6) is 0 Å². The molecule has 0 aliphatic carbocycles. The molecule has 0 saturated heterocycles. The zero-order valence-electron chi connectivity index (χ0n) is 15.4. The summed E-state index contributed by atoms with van der Waals surface area (Å²) in [5.74, 6) is 2.31. The monoisotopic (exact) mass is 437 g/mol. The van der Waals surface area contributed by atoms with Crippen LogP contribution in [0, 0.1) is 13.8 Å². The number of guanidine groups is 1. The Labute approximate surface area is 157 Å². The second-order valence-corrected chi connectivity index (χ2v) is 6.03. The van der Waals surface area contributed by atoms with Gasteiger partial charge in [-0.1, -0.05) is 0 Å². The maximum Gasteiger partial charge on any atom is 0.214 e. The molecule has 0 bridgehead atoms. The third-order valence-electron chi connectivity index (χ3n) is 3.69. The van der Waals surface area contributed by atoms with Gasteiger partial charge in [0, 0.05) is 32.2 Å². The molecule has 23 heavy (non-hydrogen) atoms. The largest absolute Gasteiger partial charge is 0.444 e. The van der Waals surface area contributed by atoms with Crippen LogP contribution >= 0.6 is 24.0 Å². The highest BCUT2D eigenvalue weighted by Crippen LogP contribution is 2.07. The lowest BCUT2D eigenvalue weighted by Gasteiger charge is -2.30. The fourth-order valence-electron chi connectivity index (χ4n) is 2.41. The van der Waals surface area contributed by atoms with Crippen LogP contribution in [0.2, 0.25) is 0 Å². The molecule has 134 valence electrons. The van der Waals surface area contributed by atoms with Crippen molar-refractivity contribution >= 4 is 29.9 Å². The number of nitrogens with one attached hydrogen (secondary N) is 2. The van der Waals surface area contributed by atoms with E-state index >= 15 is 0 Å². The minimum absolute atomic E-state index is 0. The average Bonchev–Trinajstić information content (AvgIpc) is 2.76. The third kappa shape index (κ3) is 7.52. The number of aromatic nitrogens is 1. The molecule has 0 amide bonds. The molecule has 1 heterocycles. The Morgan fingerprint density at radius 3 is 2.22 bits per heavy atom. The van der Waals surface area contributed by atoms with E-state index < -0.39 is 0 Å². The molecule has 1 rings (SSSR count). The summed E-state index contributed by atoms with van der Waals surface area (Å²) < 4.78 is 5.55. The summed E-state index contributed by atoms with van der Waals surface area (Å²) in [5.41, 5.74) is 0.934. The Morgan fingerprint density at radius 2 is 1.78 bits per heavy atom. The molecular formula is C16H32IN5O. The number of nitrogens with zero attached hydrogens (tertiary/aromatic N) is 3. The van der Waals surface area contributed by atoms with Gasteiger partial charge in [0.1, 0.15) is 5.76 Å². The van der Waals surface area contributed by atoms with E-state index in [0.29, 0.717) is 24.5 Å². The van der Waals surface area contributed by atoms with Gasteiger partial charge in [-0.2, -0.15) is 0 Å². The van der Waals surface area contributed by atoms with Crippen molar-refractivity contribution in [1.29, 1.82) is 0 Å². The molecule has 2 N–H and O–H groups in total. The molecular weight excluding hydrogens is 405 g/mol. The van der Waals surface area contributed by atoms with Crippen LogP contribution < -0.4 is 10.6 Å². The minimum Gasteiger partial charge on any atom is -0.444 e. The molecule has 0 aromatic carbocycles. The third-order valence-corrected chi connectivity index (χ3v) is 3.69. The first-order valence-electron chi connectivity index (χ1n) is 7.98. The summed E-state index contributed by atoms with van der Waals surface area (Å²) in [4.78, 5) is 11.0. The summed E-state index contributed by atoms with van der Waals surface area (Å²) in [6.45, 7) is 15.1. The molecule has 0 aliphatic heterocycles. The van der Waals surface area contributed by atoms with Gasteiger partial charge in [0.05, 0.1) is 12.2 Å². The van der Waals surface area contributed by atoms with Crippen molar-refractivity contribution < 1.29 is 4.42 Å². The maximum atomic E-state index is 5.55. The van der Waals surface area contributed by atoms with Crippen LogP contribution in [-0.4, -0.2) is 48.1 Å². The molecule has 0 fully saturated rings. The SMILES string of the molecule is CN=C(NCCN(C(C)C)C(C)C)NCc1nc(C)c(C)o1.I. The number of aryl methyl sites for hydroxylation is 2. The molecule has 7 heteroatoms. The molecule has 1 aromatic rings. The predicted octanol–water partition coefficient (Wildman–Crippen LogP) is 2.69. The fourth-order valence-corrected chi connectivity index (χ4v) is 2.41. The molecule has 6 nitrogen and oxygen atoms in total. The number of hydrogen-bond acceptors (Lipinski definition) is 4. The van der Waals surface area contributed by atoms with Crippen LogP contribution in [0.25, 0.3) is 0 Å². The summed E-state index contributed by atoms with van der Waals surface area (Å²) in [6.07, 6.45) is 0. The molecule has 0 atom stereocenters. The second kappa shape index (κ2) is 10.9. The van der Waals surface area contributed by atoms with Gasteiger partial charge < -0.3 is 15.1 Å². The van der Waals surface area contributed by atoms with E-state index in [0.717, 1.165) is 30.5 Å². The lowest BCUT2D eigenvalue weighted by atomic mass is 10.2. The number of halogens is 1. The minimum atomic E-state index is 0. The molecule has 0 unspecified atom stereocenters. The van der Waals surface area contributed by atoms with Crippen LogP contribution in [0.15, 0.2) is 9.41 Å². The van der Waals surface area contributed by atoms with Crippen LogP contribution in [0.1, 0.15) is 45.0 Å². The van der Waals surface area contributed by atoms with Crippen molar-refractivity contribution in [1.82, 2.24) is 20.5 Å². The highest BCUT2D eigenvalue weighted by atomic mass is 127. The van der Waals surface area contributed by atoms with Crippen molar-refractivity contribution in [2.75, 3.05) is 20.1 Å². The summed E-state index contributed by atoms with van der Waals surface area (Å²) >= 11 is 0. The number of oxazole rings is 1. The Hall–Kier alpha value is -0.830. The predicted molar refractivity (Wildman–Crippen MR) is 107 cm³/mol. The number of aliphatic imine (C=N–C) groups is 1. The highest BCUT2D eigenvalue weighted by Gasteiger charge is 2.13. The van der Waals surface area contributed by atoms with E-state index in [9.17, 15) is 0 Å². The Bertz CT molecular complexity index is 457. The first-order chi connectivity index (χ1) is 10.3. The van der Waals surface area contributed by atoms with Gasteiger partial charge in [-0.25, -0.2) is 4.98 Å². The normalized spacial score (nSPS) is 12.0. The average molecular weight is 437 g/mol. The fraction of sp³-hybridized carbons (Fsp3) is 0.750. The van der Waals surface area contributed by atoms with Crippen molar-refractivity contribution in [3.05, 3.63) is 17.3 Å². The molecule has 1 aromatic heterocycles. The number of hydrogen-bond donors (Lipinski definition) is 2. The number of rotatable bonds is 7. The topological polar surface area (TPSA) is 65.7 Å². The summed E-state index contributed by atoms with van der Waals surface area (Å²) in [7, 11) is 1.77. The Balaban J connectivity index is 0.00000484. The van der Waals surface area contributed by atoms with E-state index in [4.69, 9.17) is 4.42 Å². The zero-order valence-corrected chi connectivity index (χ0v) is 17.8. The molecule has 0 radical (unpaired) electrons. The van der Waals surface area contributed by atoms with Crippen molar-refractivity contribution in [2.45, 2.75) is 60.2 Å². The molecule has 0 saturated carbocycles. The van der Waals surface area contributed by atoms with Crippen molar-refractivity contribution in [3.63, 3.8) is 0 Å². The van der Waals surface area contributed by atoms with Crippen LogP contribution in [0.4, 0.5) is 0 Å². The highest BCUT2D eigenvalue weighted by molar-refractivity contribution is 14.0. The van der Waals surface area contributed by atoms with Gasteiger partial charge in [0.2, 0.25) is 5.89 Å². The van der Waals surface area contributed by atoms with Gasteiger partial charge in [-0.15, -0.1) is 24.0 Å². The Morgan fingerprint density at radius 1 is 1.17 bits per heavy atom. The van der Waals surface area contributed by atoms with Gasteiger partial charge >= 0.3 is 0 Å². The second-order valence-electron chi connectivity index (χ2n) is 6.03. The lowest BCUT2D eigenvalue weighted by Crippen LogP contribution is -2.45. The smallest absolute Gasteiger partial charge is 0.214 e. The molecule has 0 spiro atoms. The van der Waals surface area contributed by atoms with Gasteiger partial charge in [-0.3, -0.25) is 9.89 Å². The van der Waals surface area contributed by atoms with Crippen molar-refractivity contribution in [3.8, 4) is 0 Å². The maximum absolute atomic E-state index is 5.55. The van der Waals surface area contributed by atoms with Crippen LogP contribution in [-0.2, 0) is 6.54 Å². The zero-order chi connectivity index (χ0) is 16.7.